The Balaban J connectivity index is 1.15. The number of amides is 2. The number of aromatic nitrogens is 4. The van der Waals surface area contributed by atoms with Gasteiger partial charge in [0, 0.05) is 24.3 Å². The normalized spacial score (nSPS) is 13.8. The number of nitrogens with one attached hydrogen (secondary N) is 2. The minimum Gasteiger partial charge on any atom is -0.494 e. The summed E-state index contributed by atoms with van der Waals surface area (Å²) in [6, 6.07) is 21.0. The standard InChI is InChI=1S/C32H33N7O5S3/c1-2-44-24-14-12-23(13-15-24)39-28(36-37-32(39)45-21-29(40)35-31-34-26-8-4-5-9-27(26)46-31)20-33-30(41)22-10-16-25(17-11-22)47(42,43)38-18-6-3-7-19-38/h4-5,8-17H,2-3,6-7,18-21H2,1H3,(H,33,41)(H,34,35,40). The molecule has 3 heterocycles. The number of ether oxygens (including phenoxy) is 1. The van der Waals surface area contributed by atoms with E-state index in [1.165, 1.54) is 51.7 Å². The van der Waals surface area contributed by atoms with E-state index in [1.807, 2.05) is 55.5 Å². The van der Waals surface area contributed by atoms with Crippen LogP contribution < -0.4 is 15.4 Å². The Hall–Kier alpha value is -4.31. The molecule has 0 spiro atoms. The molecule has 6 rings (SSSR count). The maximum atomic E-state index is 13.1. The van der Waals surface area contributed by atoms with Crippen LogP contribution in [0.15, 0.2) is 82.8 Å². The zero-order valence-electron chi connectivity index (χ0n) is 25.6. The molecule has 0 atom stereocenters. The first kappa shape index (κ1) is 32.6. The number of benzene rings is 3. The van der Waals surface area contributed by atoms with Crippen molar-refractivity contribution in [3.8, 4) is 11.4 Å². The molecule has 0 radical (unpaired) electrons. The van der Waals surface area contributed by atoms with Crippen LogP contribution >= 0.6 is 23.1 Å². The summed E-state index contributed by atoms with van der Waals surface area (Å²) >= 11 is 2.61. The first-order valence-electron chi connectivity index (χ1n) is 15.2. The molecule has 0 bridgehead atoms. The molecule has 15 heteroatoms. The van der Waals surface area contributed by atoms with Crippen molar-refractivity contribution < 1.29 is 22.7 Å². The number of thiazole rings is 1. The average molecular weight is 692 g/mol. The first-order chi connectivity index (χ1) is 22.8. The van der Waals surface area contributed by atoms with Crippen molar-refractivity contribution in [1.29, 1.82) is 0 Å². The van der Waals surface area contributed by atoms with Crippen LogP contribution in [0.3, 0.4) is 0 Å². The Bertz CT molecular complexity index is 1940. The molecule has 0 saturated carbocycles. The van der Waals surface area contributed by atoms with E-state index in [2.05, 4.69) is 25.8 Å². The van der Waals surface area contributed by atoms with Crippen molar-refractivity contribution in [2.75, 3.05) is 30.8 Å². The molecule has 1 aliphatic heterocycles. The van der Waals surface area contributed by atoms with Crippen molar-refractivity contribution in [3.05, 3.63) is 84.2 Å². The summed E-state index contributed by atoms with van der Waals surface area (Å²) in [4.78, 5) is 30.6. The first-order valence-corrected chi connectivity index (χ1v) is 18.4. The number of carbonyl (C=O) groups is 2. The molecule has 1 saturated heterocycles. The van der Waals surface area contributed by atoms with E-state index >= 15 is 0 Å². The van der Waals surface area contributed by atoms with Crippen molar-refractivity contribution in [2.24, 2.45) is 0 Å². The monoisotopic (exact) mass is 691 g/mol. The average Bonchev–Trinajstić information content (AvgIpc) is 3.70. The van der Waals surface area contributed by atoms with Crippen LogP contribution in [0.4, 0.5) is 5.13 Å². The van der Waals surface area contributed by atoms with Gasteiger partial charge in [-0.2, -0.15) is 4.31 Å². The fourth-order valence-electron chi connectivity index (χ4n) is 5.13. The fourth-order valence-corrected chi connectivity index (χ4v) is 8.30. The molecule has 12 nitrogen and oxygen atoms in total. The van der Waals surface area contributed by atoms with Crippen molar-refractivity contribution >= 4 is 60.3 Å². The Kier molecular flexibility index (Phi) is 10.2. The number of nitrogens with zero attached hydrogens (tertiary/aromatic N) is 5. The molecular weight excluding hydrogens is 659 g/mol. The van der Waals surface area contributed by atoms with Crippen molar-refractivity contribution in [2.45, 2.75) is 42.8 Å². The molecule has 2 aromatic heterocycles. The van der Waals surface area contributed by atoms with Gasteiger partial charge in [0.2, 0.25) is 15.9 Å². The summed E-state index contributed by atoms with van der Waals surface area (Å²) in [5.41, 5.74) is 1.86. The zero-order valence-corrected chi connectivity index (χ0v) is 28.0. The molecule has 0 unspecified atom stereocenters. The lowest BCUT2D eigenvalue weighted by Gasteiger charge is -2.25. The smallest absolute Gasteiger partial charge is 0.251 e. The summed E-state index contributed by atoms with van der Waals surface area (Å²) in [7, 11) is -3.60. The van der Waals surface area contributed by atoms with Gasteiger partial charge < -0.3 is 15.4 Å². The summed E-state index contributed by atoms with van der Waals surface area (Å²) in [5, 5.41) is 15.4. The van der Waals surface area contributed by atoms with Gasteiger partial charge in [0.1, 0.15) is 5.75 Å². The number of sulfonamides is 1. The molecule has 2 N–H and O–H groups in total. The highest BCUT2D eigenvalue weighted by Crippen LogP contribution is 2.27. The number of hydrogen-bond acceptors (Lipinski definition) is 10. The molecule has 1 fully saturated rings. The number of piperidine rings is 1. The maximum absolute atomic E-state index is 13.1. The van der Waals surface area contributed by atoms with E-state index in [0.717, 1.165) is 35.2 Å². The molecule has 47 heavy (non-hydrogen) atoms. The van der Waals surface area contributed by atoms with Crippen molar-refractivity contribution in [3.63, 3.8) is 0 Å². The second-order valence-corrected chi connectivity index (χ2v) is 14.6. The lowest BCUT2D eigenvalue weighted by Crippen LogP contribution is -2.35. The van der Waals surface area contributed by atoms with Gasteiger partial charge in [-0.05, 0) is 80.4 Å². The highest BCUT2D eigenvalue weighted by molar-refractivity contribution is 7.99. The minimum atomic E-state index is -3.60. The van der Waals surface area contributed by atoms with Crippen LogP contribution in [-0.4, -0.2) is 69.7 Å². The SMILES string of the molecule is CCOc1ccc(-n2c(CNC(=O)c3ccc(S(=O)(=O)N4CCCCC4)cc3)nnc2SCC(=O)Nc2nc3ccccc3s2)cc1. The second-order valence-electron chi connectivity index (χ2n) is 10.7. The Morgan fingerprint density at radius 2 is 1.70 bits per heavy atom. The van der Waals surface area contributed by atoms with E-state index in [9.17, 15) is 18.0 Å². The third-order valence-electron chi connectivity index (χ3n) is 7.46. The lowest BCUT2D eigenvalue weighted by molar-refractivity contribution is -0.113. The van der Waals surface area contributed by atoms with E-state index in [4.69, 9.17) is 4.74 Å². The molecule has 3 aromatic carbocycles. The summed E-state index contributed by atoms with van der Waals surface area (Å²) in [6.07, 6.45) is 2.72. The van der Waals surface area contributed by atoms with Crippen LogP contribution in [0, 0.1) is 0 Å². The Labute approximate surface area is 280 Å². The molecule has 5 aromatic rings. The Morgan fingerprint density at radius 1 is 0.957 bits per heavy atom. The molecule has 244 valence electrons. The van der Waals surface area contributed by atoms with Gasteiger partial charge in [-0.1, -0.05) is 41.7 Å². The highest BCUT2D eigenvalue weighted by Gasteiger charge is 2.26. The molecular formula is C32H33N7O5S3. The van der Waals surface area contributed by atoms with Gasteiger partial charge >= 0.3 is 0 Å². The predicted octanol–water partition coefficient (Wildman–Crippen LogP) is 5.11. The third-order valence-corrected chi connectivity index (χ3v) is 11.2. The van der Waals surface area contributed by atoms with Gasteiger partial charge in [-0.15, -0.1) is 10.2 Å². The number of hydrogen-bond donors (Lipinski definition) is 2. The van der Waals surface area contributed by atoms with Crippen molar-refractivity contribution in [1.82, 2.24) is 29.4 Å². The Morgan fingerprint density at radius 3 is 2.43 bits per heavy atom. The number of anilines is 1. The van der Waals surface area contributed by atoms with Crippen LogP contribution in [0.5, 0.6) is 5.75 Å². The van der Waals surface area contributed by atoms with Crippen LogP contribution in [0.1, 0.15) is 42.4 Å². The van der Waals surface area contributed by atoms with E-state index < -0.39 is 15.9 Å². The number of rotatable bonds is 12. The lowest BCUT2D eigenvalue weighted by atomic mass is 10.2. The third kappa shape index (κ3) is 7.64. The second kappa shape index (κ2) is 14.6. The van der Waals surface area contributed by atoms with E-state index in [-0.39, 0.29) is 23.1 Å². The number of carbonyl (C=O) groups excluding carboxylic acids is 2. The summed E-state index contributed by atoms with van der Waals surface area (Å²) in [5.74, 6) is 0.577. The number of para-hydroxylation sites is 1. The highest BCUT2D eigenvalue weighted by atomic mass is 32.2. The van der Waals surface area contributed by atoms with Gasteiger partial charge in [-0.25, -0.2) is 13.4 Å². The molecule has 1 aliphatic rings. The van der Waals surface area contributed by atoms with Crippen LogP contribution in [-0.2, 0) is 21.4 Å². The topological polar surface area (TPSA) is 148 Å². The predicted molar refractivity (Wildman–Crippen MR) is 182 cm³/mol. The van der Waals surface area contributed by atoms with Crippen LogP contribution in [0.2, 0.25) is 0 Å². The van der Waals surface area contributed by atoms with Gasteiger partial charge in [0.15, 0.2) is 16.1 Å². The van der Waals surface area contributed by atoms with Gasteiger partial charge in [0.05, 0.1) is 34.0 Å². The number of thioether (sulfide) groups is 1. The van der Waals surface area contributed by atoms with Gasteiger partial charge in [0.25, 0.3) is 5.91 Å². The molecule has 2 amide bonds. The summed E-state index contributed by atoms with van der Waals surface area (Å²) < 4.78 is 35.9. The largest absolute Gasteiger partial charge is 0.494 e. The quantitative estimate of drug-likeness (QED) is 0.170. The minimum absolute atomic E-state index is 0.0331. The van der Waals surface area contributed by atoms with Gasteiger partial charge in [-0.3, -0.25) is 14.2 Å². The fraction of sp³-hybridized carbons (Fsp3) is 0.281. The zero-order chi connectivity index (χ0) is 32.8. The van der Waals surface area contributed by atoms with Crippen LogP contribution in [0.25, 0.3) is 15.9 Å². The van der Waals surface area contributed by atoms with E-state index in [0.29, 0.717) is 47.1 Å². The maximum Gasteiger partial charge on any atom is 0.251 e. The summed E-state index contributed by atoms with van der Waals surface area (Å²) in [6.45, 7) is 3.48. The molecule has 0 aliphatic carbocycles. The number of fused-ring (bicyclic) bond motifs is 1. The van der Waals surface area contributed by atoms with E-state index in [1.54, 1.807) is 4.57 Å².